The van der Waals surface area contributed by atoms with Crippen molar-refractivity contribution in [2.45, 2.75) is 20.4 Å². The molecule has 0 N–H and O–H groups in total. The molecular formula is C17H19NO2. The van der Waals surface area contributed by atoms with Gasteiger partial charge in [-0.3, -0.25) is 4.79 Å². The largest absolute Gasteiger partial charge is 0.464 e. The quantitative estimate of drug-likeness (QED) is 0.795. The number of rotatable bonds is 4. The van der Waals surface area contributed by atoms with Gasteiger partial charge in [-0.05, 0) is 37.6 Å². The van der Waals surface area contributed by atoms with Crippen LogP contribution in [0.5, 0.6) is 0 Å². The Bertz CT molecular complexity index is 608. The van der Waals surface area contributed by atoms with E-state index < -0.39 is 0 Å². The molecule has 0 aliphatic carbocycles. The molecule has 3 heteroatoms. The summed E-state index contributed by atoms with van der Waals surface area (Å²) in [5, 5.41) is 0. The van der Waals surface area contributed by atoms with E-state index in [0.717, 1.165) is 17.1 Å². The third kappa shape index (κ3) is 3.85. The summed E-state index contributed by atoms with van der Waals surface area (Å²) in [5.41, 5.74) is 2.23. The molecule has 20 heavy (non-hydrogen) atoms. The number of benzene rings is 1. The molecular weight excluding hydrogens is 250 g/mol. The zero-order valence-corrected chi connectivity index (χ0v) is 12.1. The van der Waals surface area contributed by atoms with Crippen LogP contribution in [-0.2, 0) is 11.3 Å². The van der Waals surface area contributed by atoms with Crippen molar-refractivity contribution in [3.05, 3.63) is 65.1 Å². The molecule has 1 aromatic carbocycles. The number of hydrogen-bond acceptors (Lipinski definition) is 2. The lowest BCUT2D eigenvalue weighted by molar-refractivity contribution is -0.125. The summed E-state index contributed by atoms with van der Waals surface area (Å²) in [5.74, 6) is 1.61. The zero-order valence-electron chi connectivity index (χ0n) is 12.1. The second-order valence-corrected chi connectivity index (χ2v) is 4.95. The number of furan rings is 1. The van der Waals surface area contributed by atoms with Crippen molar-refractivity contribution in [1.82, 2.24) is 4.90 Å². The molecule has 0 bridgehead atoms. The van der Waals surface area contributed by atoms with Gasteiger partial charge in [-0.15, -0.1) is 0 Å². The fourth-order valence-electron chi connectivity index (χ4n) is 1.85. The van der Waals surface area contributed by atoms with Gasteiger partial charge >= 0.3 is 0 Å². The molecule has 1 heterocycles. The normalized spacial score (nSPS) is 10.9. The molecule has 2 rings (SSSR count). The summed E-state index contributed by atoms with van der Waals surface area (Å²) in [4.78, 5) is 13.6. The molecule has 1 amide bonds. The molecule has 0 aliphatic heterocycles. The van der Waals surface area contributed by atoms with Crippen LogP contribution >= 0.6 is 0 Å². The lowest BCUT2D eigenvalue weighted by Crippen LogP contribution is -2.23. The summed E-state index contributed by atoms with van der Waals surface area (Å²) in [6.07, 6.45) is 3.41. The Morgan fingerprint density at radius 3 is 2.45 bits per heavy atom. The van der Waals surface area contributed by atoms with Crippen molar-refractivity contribution >= 4 is 12.0 Å². The second-order valence-electron chi connectivity index (χ2n) is 4.95. The number of carbonyl (C=O) groups is 1. The maximum Gasteiger partial charge on any atom is 0.246 e. The number of aryl methyl sites for hydroxylation is 2. The Labute approximate surface area is 119 Å². The van der Waals surface area contributed by atoms with Crippen LogP contribution in [0.3, 0.4) is 0 Å². The van der Waals surface area contributed by atoms with Crippen molar-refractivity contribution in [2.75, 3.05) is 7.05 Å². The molecule has 0 saturated carbocycles. The minimum absolute atomic E-state index is 0.0420. The van der Waals surface area contributed by atoms with E-state index >= 15 is 0 Å². The van der Waals surface area contributed by atoms with Crippen LogP contribution in [0.15, 0.2) is 46.9 Å². The van der Waals surface area contributed by atoms with E-state index in [0.29, 0.717) is 6.54 Å². The summed E-state index contributed by atoms with van der Waals surface area (Å²) in [6, 6.07) is 11.8. The average molecular weight is 269 g/mol. The van der Waals surface area contributed by atoms with Gasteiger partial charge in [0, 0.05) is 13.1 Å². The van der Waals surface area contributed by atoms with Crippen LogP contribution in [0.2, 0.25) is 0 Å². The molecule has 0 radical (unpaired) electrons. The van der Waals surface area contributed by atoms with Gasteiger partial charge in [0.05, 0.1) is 6.54 Å². The molecule has 0 aliphatic rings. The highest BCUT2D eigenvalue weighted by atomic mass is 16.3. The first-order valence-electron chi connectivity index (χ1n) is 6.60. The first-order valence-corrected chi connectivity index (χ1v) is 6.60. The van der Waals surface area contributed by atoms with Gasteiger partial charge in [0.2, 0.25) is 5.91 Å². The molecule has 1 aromatic heterocycles. The predicted molar refractivity (Wildman–Crippen MR) is 80.1 cm³/mol. The van der Waals surface area contributed by atoms with E-state index in [1.165, 1.54) is 5.56 Å². The first kappa shape index (κ1) is 14.1. The highest BCUT2D eigenvalue weighted by Gasteiger charge is 2.08. The molecule has 104 valence electrons. The third-order valence-electron chi connectivity index (χ3n) is 3.06. The fraction of sp³-hybridized carbons (Fsp3) is 0.235. The lowest BCUT2D eigenvalue weighted by Gasteiger charge is -2.13. The Balaban J connectivity index is 1.95. The van der Waals surface area contributed by atoms with Crippen molar-refractivity contribution in [3.8, 4) is 0 Å². The minimum atomic E-state index is -0.0420. The summed E-state index contributed by atoms with van der Waals surface area (Å²) in [7, 11) is 1.76. The summed E-state index contributed by atoms with van der Waals surface area (Å²) < 4.78 is 5.46. The van der Waals surface area contributed by atoms with Crippen molar-refractivity contribution in [3.63, 3.8) is 0 Å². The third-order valence-corrected chi connectivity index (χ3v) is 3.06. The Morgan fingerprint density at radius 1 is 1.15 bits per heavy atom. The molecule has 0 spiro atoms. The van der Waals surface area contributed by atoms with E-state index in [4.69, 9.17) is 4.42 Å². The maximum absolute atomic E-state index is 12.0. The SMILES string of the molecule is Cc1ccc(/C=C/C(=O)N(C)Cc2ccc(C)o2)cc1. The van der Waals surface area contributed by atoms with Crippen molar-refractivity contribution < 1.29 is 9.21 Å². The monoisotopic (exact) mass is 269 g/mol. The van der Waals surface area contributed by atoms with Crippen molar-refractivity contribution in [1.29, 1.82) is 0 Å². The predicted octanol–water partition coefficient (Wildman–Crippen LogP) is 3.57. The highest BCUT2D eigenvalue weighted by Crippen LogP contribution is 2.10. The highest BCUT2D eigenvalue weighted by molar-refractivity contribution is 5.91. The van der Waals surface area contributed by atoms with Gasteiger partial charge in [0.15, 0.2) is 0 Å². The van der Waals surface area contributed by atoms with E-state index in [-0.39, 0.29) is 5.91 Å². The first-order chi connectivity index (χ1) is 9.54. The van der Waals surface area contributed by atoms with E-state index in [1.54, 1.807) is 18.0 Å². The standard InChI is InChI=1S/C17H19NO2/c1-13-4-7-15(8-5-13)9-11-17(19)18(3)12-16-10-6-14(2)20-16/h4-11H,12H2,1-3H3/b11-9+. The smallest absolute Gasteiger partial charge is 0.246 e. The van der Waals surface area contributed by atoms with Gasteiger partial charge in [-0.2, -0.15) is 0 Å². The van der Waals surface area contributed by atoms with E-state index in [9.17, 15) is 4.79 Å². The zero-order chi connectivity index (χ0) is 14.5. The van der Waals surface area contributed by atoms with Gasteiger partial charge in [-0.25, -0.2) is 0 Å². The minimum Gasteiger partial charge on any atom is -0.464 e. The molecule has 0 unspecified atom stereocenters. The number of carbonyl (C=O) groups excluding carboxylic acids is 1. The molecule has 0 atom stereocenters. The van der Waals surface area contributed by atoms with Crippen LogP contribution in [0.1, 0.15) is 22.6 Å². The summed E-state index contributed by atoms with van der Waals surface area (Å²) in [6.45, 7) is 4.41. The van der Waals surface area contributed by atoms with E-state index in [1.807, 2.05) is 56.3 Å². The Hall–Kier alpha value is -2.29. The Kier molecular flexibility index (Phi) is 4.41. The van der Waals surface area contributed by atoms with E-state index in [2.05, 4.69) is 0 Å². The molecule has 3 nitrogen and oxygen atoms in total. The fourth-order valence-corrected chi connectivity index (χ4v) is 1.85. The number of nitrogens with zero attached hydrogens (tertiary/aromatic N) is 1. The van der Waals surface area contributed by atoms with Gasteiger partial charge < -0.3 is 9.32 Å². The second kappa shape index (κ2) is 6.24. The van der Waals surface area contributed by atoms with Gasteiger partial charge in [-0.1, -0.05) is 29.8 Å². The number of amides is 1. The van der Waals surface area contributed by atoms with Crippen LogP contribution in [0.25, 0.3) is 6.08 Å². The van der Waals surface area contributed by atoms with Gasteiger partial charge in [0.25, 0.3) is 0 Å². The topological polar surface area (TPSA) is 33.5 Å². The molecule has 2 aromatic rings. The number of likely N-dealkylation sites (N-methyl/N-ethyl adjacent to an activating group) is 1. The van der Waals surface area contributed by atoms with Crippen LogP contribution < -0.4 is 0 Å². The average Bonchev–Trinajstić information content (AvgIpc) is 2.83. The van der Waals surface area contributed by atoms with Gasteiger partial charge in [0.1, 0.15) is 11.5 Å². The van der Waals surface area contributed by atoms with Crippen LogP contribution in [0, 0.1) is 13.8 Å². The van der Waals surface area contributed by atoms with Crippen LogP contribution in [-0.4, -0.2) is 17.9 Å². The summed E-state index contributed by atoms with van der Waals surface area (Å²) >= 11 is 0. The van der Waals surface area contributed by atoms with Crippen molar-refractivity contribution in [2.24, 2.45) is 0 Å². The number of hydrogen-bond donors (Lipinski definition) is 0. The molecule has 0 fully saturated rings. The molecule has 0 saturated heterocycles. The lowest BCUT2D eigenvalue weighted by atomic mass is 10.1. The maximum atomic E-state index is 12.0. The Morgan fingerprint density at radius 2 is 1.85 bits per heavy atom. The van der Waals surface area contributed by atoms with Crippen LogP contribution in [0.4, 0.5) is 0 Å².